The van der Waals surface area contributed by atoms with E-state index in [0.29, 0.717) is 23.5 Å². The molecule has 0 saturated heterocycles. The zero-order valence-corrected chi connectivity index (χ0v) is 10.8. The van der Waals surface area contributed by atoms with Gasteiger partial charge < -0.3 is 9.64 Å². The molecular weight excluding hydrogens is 244 g/mol. The van der Waals surface area contributed by atoms with Crippen molar-refractivity contribution >= 4 is 17.4 Å². The van der Waals surface area contributed by atoms with Crippen LogP contribution in [0.4, 0.5) is 5.69 Å². The first-order valence-electron chi connectivity index (χ1n) is 6.09. The van der Waals surface area contributed by atoms with Gasteiger partial charge in [0, 0.05) is 12.1 Å². The largest absolute Gasteiger partial charge is 0.482 e. The molecule has 0 N–H and O–H groups in total. The van der Waals surface area contributed by atoms with Crippen LogP contribution in [0.3, 0.4) is 0 Å². The fraction of sp³-hybridized carbons (Fsp3) is 0.357. The summed E-state index contributed by atoms with van der Waals surface area (Å²) >= 11 is 0. The van der Waals surface area contributed by atoms with Crippen molar-refractivity contribution in [3.8, 4) is 11.8 Å². The zero-order valence-electron chi connectivity index (χ0n) is 10.8. The number of amides is 1. The third-order valence-electron chi connectivity index (χ3n) is 3.09. The SMILES string of the molecule is CCN1C(=O)COc2ccc(C(=O)C(C)C#N)cc21. The molecule has 1 aromatic carbocycles. The molecule has 0 radical (unpaired) electrons. The van der Waals surface area contributed by atoms with E-state index in [1.54, 1.807) is 30.0 Å². The molecule has 0 spiro atoms. The number of hydrogen-bond acceptors (Lipinski definition) is 4. The molecule has 1 aliphatic heterocycles. The molecule has 0 aromatic heterocycles. The van der Waals surface area contributed by atoms with Gasteiger partial charge in [0.05, 0.1) is 11.8 Å². The molecule has 5 nitrogen and oxygen atoms in total. The molecule has 1 heterocycles. The summed E-state index contributed by atoms with van der Waals surface area (Å²) in [6.07, 6.45) is 0. The standard InChI is InChI=1S/C14H14N2O3/c1-3-16-11-6-10(14(18)9(2)7-15)4-5-12(11)19-8-13(16)17/h4-6,9H,3,8H2,1-2H3. The predicted octanol–water partition coefficient (Wildman–Crippen LogP) is 1.77. The monoisotopic (exact) mass is 258 g/mol. The van der Waals surface area contributed by atoms with Gasteiger partial charge in [-0.2, -0.15) is 5.26 Å². The van der Waals surface area contributed by atoms with E-state index in [1.807, 2.05) is 13.0 Å². The number of hydrogen-bond donors (Lipinski definition) is 0. The first kappa shape index (κ1) is 13.1. The smallest absolute Gasteiger partial charge is 0.265 e. The van der Waals surface area contributed by atoms with Crippen molar-refractivity contribution < 1.29 is 14.3 Å². The third kappa shape index (κ3) is 2.29. The molecule has 1 amide bonds. The number of nitrogens with zero attached hydrogens (tertiary/aromatic N) is 2. The Morgan fingerprint density at radius 2 is 2.32 bits per heavy atom. The van der Waals surface area contributed by atoms with Gasteiger partial charge in [0.25, 0.3) is 5.91 Å². The minimum atomic E-state index is -0.701. The van der Waals surface area contributed by atoms with Gasteiger partial charge in [-0.3, -0.25) is 9.59 Å². The van der Waals surface area contributed by atoms with Crippen LogP contribution in [0.25, 0.3) is 0 Å². The maximum Gasteiger partial charge on any atom is 0.265 e. The molecule has 1 aliphatic rings. The van der Waals surface area contributed by atoms with E-state index in [9.17, 15) is 9.59 Å². The van der Waals surface area contributed by atoms with Crippen molar-refractivity contribution in [2.24, 2.45) is 5.92 Å². The van der Waals surface area contributed by atoms with Crippen LogP contribution in [-0.4, -0.2) is 24.8 Å². The highest BCUT2D eigenvalue weighted by atomic mass is 16.5. The first-order chi connectivity index (χ1) is 9.08. The molecule has 98 valence electrons. The zero-order chi connectivity index (χ0) is 14.0. The van der Waals surface area contributed by atoms with E-state index in [0.717, 1.165) is 0 Å². The maximum atomic E-state index is 12.0. The van der Waals surface area contributed by atoms with Gasteiger partial charge in [0.1, 0.15) is 11.7 Å². The molecule has 1 atom stereocenters. The summed E-state index contributed by atoms with van der Waals surface area (Å²) in [6, 6.07) is 6.83. The summed E-state index contributed by atoms with van der Waals surface area (Å²) in [6.45, 7) is 3.95. The van der Waals surface area contributed by atoms with E-state index < -0.39 is 5.92 Å². The highest BCUT2D eigenvalue weighted by Crippen LogP contribution is 2.33. The van der Waals surface area contributed by atoms with Crippen LogP contribution >= 0.6 is 0 Å². The van der Waals surface area contributed by atoms with Gasteiger partial charge in [-0.05, 0) is 32.0 Å². The van der Waals surface area contributed by atoms with Crippen molar-refractivity contribution in [2.45, 2.75) is 13.8 Å². The number of anilines is 1. The predicted molar refractivity (Wildman–Crippen MR) is 69.1 cm³/mol. The van der Waals surface area contributed by atoms with Crippen LogP contribution in [0.2, 0.25) is 0 Å². The van der Waals surface area contributed by atoms with E-state index in [1.165, 1.54) is 0 Å². The fourth-order valence-corrected chi connectivity index (χ4v) is 2.01. The van der Waals surface area contributed by atoms with Crippen LogP contribution in [0, 0.1) is 17.2 Å². The summed E-state index contributed by atoms with van der Waals surface area (Å²) in [7, 11) is 0. The molecule has 2 rings (SSSR count). The Hall–Kier alpha value is -2.35. The van der Waals surface area contributed by atoms with E-state index in [4.69, 9.17) is 10.00 Å². The lowest BCUT2D eigenvalue weighted by Crippen LogP contribution is -2.38. The molecule has 1 aromatic rings. The average molecular weight is 258 g/mol. The number of rotatable bonds is 3. The topological polar surface area (TPSA) is 70.4 Å². The summed E-state index contributed by atoms with van der Waals surface area (Å²) < 4.78 is 5.32. The van der Waals surface area contributed by atoms with Crippen molar-refractivity contribution in [1.29, 1.82) is 5.26 Å². The molecule has 5 heteroatoms. The second-order valence-electron chi connectivity index (χ2n) is 4.32. The fourth-order valence-electron chi connectivity index (χ4n) is 2.01. The van der Waals surface area contributed by atoms with Crippen molar-refractivity contribution in [3.05, 3.63) is 23.8 Å². The number of benzene rings is 1. The van der Waals surface area contributed by atoms with Gasteiger partial charge >= 0.3 is 0 Å². The summed E-state index contributed by atoms with van der Waals surface area (Å²) in [5.41, 5.74) is 1.01. The normalized spacial score (nSPS) is 15.2. The Bertz CT molecular complexity index is 575. The number of carbonyl (C=O) groups excluding carboxylic acids is 2. The molecule has 1 unspecified atom stereocenters. The van der Waals surface area contributed by atoms with Crippen molar-refractivity contribution in [2.75, 3.05) is 18.1 Å². The lowest BCUT2D eigenvalue weighted by atomic mass is 9.99. The molecule has 0 saturated carbocycles. The second-order valence-corrected chi connectivity index (χ2v) is 4.32. The quantitative estimate of drug-likeness (QED) is 0.775. The lowest BCUT2D eigenvalue weighted by molar-refractivity contribution is -0.121. The second kappa shape index (κ2) is 5.11. The highest BCUT2D eigenvalue weighted by Gasteiger charge is 2.26. The van der Waals surface area contributed by atoms with Crippen LogP contribution in [0.1, 0.15) is 24.2 Å². The van der Waals surface area contributed by atoms with Crippen LogP contribution in [0.5, 0.6) is 5.75 Å². The van der Waals surface area contributed by atoms with Crippen molar-refractivity contribution in [3.63, 3.8) is 0 Å². The lowest BCUT2D eigenvalue weighted by Gasteiger charge is -2.28. The Balaban J connectivity index is 2.43. The molecule has 0 aliphatic carbocycles. The van der Waals surface area contributed by atoms with E-state index in [2.05, 4.69) is 0 Å². The van der Waals surface area contributed by atoms with E-state index >= 15 is 0 Å². The van der Waals surface area contributed by atoms with Crippen molar-refractivity contribution in [1.82, 2.24) is 0 Å². The van der Waals surface area contributed by atoms with Crippen LogP contribution < -0.4 is 9.64 Å². The third-order valence-corrected chi connectivity index (χ3v) is 3.09. The number of likely N-dealkylation sites (N-methyl/N-ethyl adjacent to an activating group) is 1. The Kier molecular flexibility index (Phi) is 3.52. The minimum Gasteiger partial charge on any atom is -0.482 e. The van der Waals surface area contributed by atoms with Gasteiger partial charge in [-0.1, -0.05) is 0 Å². The molecule has 0 bridgehead atoms. The number of fused-ring (bicyclic) bond motifs is 1. The number of nitriles is 1. The number of ether oxygens (including phenoxy) is 1. The van der Waals surface area contributed by atoms with Gasteiger partial charge in [-0.15, -0.1) is 0 Å². The van der Waals surface area contributed by atoms with Gasteiger partial charge in [0.2, 0.25) is 0 Å². The Morgan fingerprint density at radius 1 is 1.58 bits per heavy atom. The van der Waals surface area contributed by atoms with Crippen LogP contribution in [0.15, 0.2) is 18.2 Å². The minimum absolute atomic E-state index is 0.0166. The summed E-state index contributed by atoms with van der Waals surface area (Å²) in [5.74, 6) is -0.497. The van der Waals surface area contributed by atoms with Gasteiger partial charge in [0.15, 0.2) is 12.4 Å². The number of ketones is 1. The maximum absolute atomic E-state index is 12.0. The van der Waals surface area contributed by atoms with Gasteiger partial charge in [-0.25, -0.2) is 0 Å². The highest BCUT2D eigenvalue weighted by molar-refractivity contribution is 6.03. The average Bonchev–Trinajstić information content (AvgIpc) is 2.45. The first-order valence-corrected chi connectivity index (χ1v) is 6.09. The molecular formula is C14H14N2O3. The molecule has 0 fully saturated rings. The summed E-state index contributed by atoms with van der Waals surface area (Å²) in [4.78, 5) is 25.3. The Labute approximate surface area is 111 Å². The Morgan fingerprint density at radius 3 is 2.95 bits per heavy atom. The number of carbonyl (C=O) groups is 2. The summed E-state index contributed by atoms with van der Waals surface area (Å²) in [5, 5.41) is 8.79. The molecule has 19 heavy (non-hydrogen) atoms. The van der Waals surface area contributed by atoms with E-state index in [-0.39, 0.29) is 18.3 Å². The number of Topliss-reactive ketones (excluding diaryl/α,β-unsaturated/α-hetero) is 1. The van der Waals surface area contributed by atoms with Crippen LogP contribution in [-0.2, 0) is 4.79 Å².